The molecular weight excluding hydrogens is 272 g/mol. The second-order valence-electron chi connectivity index (χ2n) is 5.93. The van der Waals surface area contributed by atoms with Gasteiger partial charge in [0.15, 0.2) is 0 Å². The monoisotopic (exact) mass is 298 g/mol. The summed E-state index contributed by atoms with van der Waals surface area (Å²) in [5, 5.41) is 3.04. The molecule has 0 heterocycles. The third kappa shape index (κ3) is 3.96. The zero-order valence-corrected chi connectivity index (χ0v) is 14.1. The van der Waals surface area contributed by atoms with Crippen LogP contribution in [0.2, 0.25) is 0 Å². The molecule has 1 aromatic carbocycles. The van der Waals surface area contributed by atoms with Gasteiger partial charge in [-0.2, -0.15) is 0 Å². The molecule has 0 bridgehead atoms. The molecule has 0 aliphatic carbocycles. The molecule has 114 valence electrons. The highest BCUT2D eigenvalue weighted by Crippen LogP contribution is 2.26. The van der Waals surface area contributed by atoms with Crippen molar-refractivity contribution in [3.8, 4) is 0 Å². The van der Waals surface area contributed by atoms with Gasteiger partial charge in [-0.1, -0.05) is 13.3 Å². The number of hydrogen-bond acceptors (Lipinski definition) is 3. The van der Waals surface area contributed by atoms with Crippen LogP contribution in [0, 0.1) is 13.8 Å². The Balaban J connectivity index is 3.23. The summed E-state index contributed by atoms with van der Waals surface area (Å²) >= 11 is 0. The van der Waals surface area contributed by atoms with Crippen LogP contribution in [0.15, 0.2) is 17.0 Å². The summed E-state index contributed by atoms with van der Waals surface area (Å²) in [6, 6.07) is 3.71. The summed E-state index contributed by atoms with van der Waals surface area (Å²) < 4.78 is 28.1. The number of nitrogens with one attached hydrogen (secondary N) is 2. The first-order valence-corrected chi connectivity index (χ1v) is 8.44. The van der Waals surface area contributed by atoms with Gasteiger partial charge in [-0.15, -0.1) is 0 Å². The number of rotatable bonds is 6. The minimum atomic E-state index is -3.50. The van der Waals surface area contributed by atoms with Gasteiger partial charge in [0.05, 0.1) is 4.90 Å². The summed E-state index contributed by atoms with van der Waals surface area (Å²) in [5.74, 6) is 0. The van der Waals surface area contributed by atoms with E-state index in [0.29, 0.717) is 4.90 Å². The van der Waals surface area contributed by atoms with E-state index in [0.717, 1.165) is 29.7 Å². The van der Waals surface area contributed by atoms with Crippen LogP contribution in [-0.4, -0.2) is 21.0 Å². The van der Waals surface area contributed by atoms with E-state index in [1.165, 1.54) is 0 Å². The Morgan fingerprint density at radius 1 is 1.15 bits per heavy atom. The minimum absolute atomic E-state index is 0.390. The first-order chi connectivity index (χ1) is 9.13. The third-order valence-corrected chi connectivity index (χ3v) is 5.31. The lowest BCUT2D eigenvalue weighted by molar-refractivity contribution is 0.417. The van der Waals surface area contributed by atoms with E-state index in [1.54, 1.807) is 0 Å². The lowest BCUT2D eigenvalue weighted by Crippen LogP contribution is -2.43. The maximum Gasteiger partial charge on any atom is 0.241 e. The molecular formula is C15H26N2O2S. The van der Waals surface area contributed by atoms with E-state index < -0.39 is 15.6 Å². The fourth-order valence-corrected chi connectivity index (χ4v) is 4.51. The standard InChI is InChI=1S/C15H26N2O2S/c1-7-8-15(4,5)17-20(18,19)14-11(2)9-13(16-6)10-12(14)3/h9-10,16-17H,7-8H2,1-6H3. The zero-order valence-electron chi connectivity index (χ0n) is 13.3. The van der Waals surface area contributed by atoms with Crippen LogP contribution in [-0.2, 0) is 10.0 Å². The summed E-state index contributed by atoms with van der Waals surface area (Å²) in [7, 11) is -1.68. The minimum Gasteiger partial charge on any atom is -0.388 e. The summed E-state index contributed by atoms with van der Waals surface area (Å²) in [4.78, 5) is 0.390. The Morgan fingerprint density at radius 2 is 1.65 bits per heavy atom. The van der Waals surface area contributed by atoms with Crippen molar-refractivity contribution < 1.29 is 8.42 Å². The second-order valence-corrected chi connectivity index (χ2v) is 7.55. The average Bonchev–Trinajstić information content (AvgIpc) is 2.25. The number of anilines is 1. The molecule has 0 saturated carbocycles. The highest BCUT2D eigenvalue weighted by molar-refractivity contribution is 7.89. The van der Waals surface area contributed by atoms with Crippen LogP contribution in [0.1, 0.15) is 44.7 Å². The van der Waals surface area contributed by atoms with Crippen molar-refractivity contribution in [2.75, 3.05) is 12.4 Å². The van der Waals surface area contributed by atoms with Gasteiger partial charge in [0, 0.05) is 18.3 Å². The second kappa shape index (κ2) is 6.14. The molecule has 1 rings (SSSR count). The molecule has 20 heavy (non-hydrogen) atoms. The fourth-order valence-electron chi connectivity index (χ4n) is 2.61. The smallest absolute Gasteiger partial charge is 0.241 e. The molecule has 0 fully saturated rings. The van der Waals surface area contributed by atoms with Crippen molar-refractivity contribution in [2.45, 2.75) is 57.9 Å². The molecule has 1 aromatic rings. The molecule has 0 aliphatic rings. The van der Waals surface area contributed by atoms with E-state index in [1.807, 2.05) is 53.8 Å². The van der Waals surface area contributed by atoms with E-state index in [4.69, 9.17) is 0 Å². The van der Waals surface area contributed by atoms with Crippen LogP contribution in [0.3, 0.4) is 0 Å². The molecule has 0 radical (unpaired) electrons. The van der Waals surface area contributed by atoms with Crippen LogP contribution < -0.4 is 10.0 Å². The van der Waals surface area contributed by atoms with Gasteiger partial charge in [-0.3, -0.25) is 0 Å². The molecule has 2 N–H and O–H groups in total. The molecule has 0 aliphatic heterocycles. The maximum atomic E-state index is 12.6. The normalized spacial score (nSPS) is 12.5. The molecule has 0 atom stereocenters. The fraction of sp³-hybridized carbons (Fsp3) is 0.600. The van der Waals surface area contributed by atoms with Gasteiger partial charge in [0.1, 0.15) is 0 Å². The van der Waals surface area contributed by atoms with Gasteiger partial charge >= 0.3 is 0 Å². The average molecular weight is 298 g/mol. The van der Waals surface area contributed by atoms with Gasteiger partial charge in [-0.05, 0) is 57.4 Å². The van der Waals surface area contributed by atoms with Crippen molar-refractivity contribution in [1.82, 2.24) is 4.72 Å². The predicted octanol–water partition coefficient (Wildman–Crippen LogP) is 3.20. The number of sulfonamides is 1. The highest BCUT2D eigenvalue weighted by atomic mass is 32.2. The molecule has 4 nitrogen and oxygen atoms in total. The molecule has 0 spiro atoms. The van der Waals surface area contributed by atoms with Crippen molar-refractivity contribution >= 4 is 15.7 Å². The number of benzene rings is 1. The summed E-state index contributed by atoms with van der Waals surface area (Å²) in [5.41, 5.74) is 2.00. The number of aryl methyl sites for hydroxylation is 2. The van der Waals surface area contributed by atoms with E-state index >= 15 is 0 Å². The van der Waals surface area contributed by atoms with Crippen molar-refractivity contribution in [3.63, 3.8) is 0 Å². The lowest BCUT2D eigenvalue weighted by atomic mass is 10.0. The van der Waals surface area contributed by atoms with Crippen LogP contribution in [0.4, 0.5) is 5.69 Å². The van der Waals surface area contributed by atoms with Gasteiger partial charge in [-0.25, -0.2) is 13.1 Å². The van der Waals surface area contributed by atoms with Gasteiger partial charge in [0.2, 0.25) is 10.0 Å². The van der Waals surface area contributed by atoms with Crippen LogP contribution >= 0.6 is 0 Å². The van der Waals surface area contributed by atoms with Crippen LogP contribution in [0.5, 0.6) is 0 Å². The van der Waals surface area contributed by atoms with E-state index in [9.17, 15) is 8.42 Å². The van der Waals surface area contributed by atoms with Crippen LogP contribution in [0.25, 0.3) is 0 Å². The van der Waals surface area contributed by atoms with Crippen molar-refractivity contribution in [2.24, 2.45) is 0 Å². The third-order valence-electron chi connectivity index (χ3n) is 3.30. The summed E-state index contributed by atoms with van der Waals surface area (Å²) in [6.07, 6.45) is 1.74. The quantitative estimate of drug-likeness (QED) is 0.848. The predicted molar refractivity (Wildman–Crippen MR) is 84.8 cm³/mol. The molecule has 0 unspecified atom stereocenters. The van der Waals surface area contributed by atoms with E-state index in [-0.39, 0.29) is 0 Å². The van der Waals surface area contributed by atoms with E-state index in [2.05, 4.69) is 10.0 Å². The highest BCUT2D eigenvalue weighted by Gasteiger charge is 2.27. The Bertz CT molecular complexity index is 555. The number of hydrogen-bond donors (Lipinski definition) is 2. The first-order valence-electron chi connectivity index (χ1n) is 6.96. The largest absolute Gasteiger partial charge is 0.388 e. The molecule has 5 heteroatoms. The first kappa shape index (κ1) is 17.0. The Kier molecular flexibility index (Phi) is 5.21. The Labute approximate surface area is 123 Å². The maximum absolute atomic E-state index is 12.6. The Hall–Kier alpha value is -1.07. The summed E-state index contributed by atoms with van der Waals surface area (Å²) in [6.45, 7) is 9.54. The topological polar surface area (TPSA) is 58.2 Å². The molecule has 0 saturated heterocycles. The van der Waals surface area contributed by atoms with Gasteiger partial charge in [0.25, 0.3) is 0 Å². The van der Waals surface area contributed by atoms with Gasteiger partial charge < -0.3 is 5.32 Å². The SMILES string of the molecule is CCCC(C)(C)NS(=O)(=O)c1c(C)cc(NC)cc1C. The molecule has 0 aromatic heterocycles. The van der Waals surface area contributed by atoms with Crippen molar-refractivity contribution in [1.29, 1.82) is 0 Å². The molecule has 0 amide bonds. The van der Waals surface area contributed by atoms with Crippen molar-refractivity contribution in [3.05, 3.63) is 23.3 Å². The lowest BCUT2D eigenvalue weighted by Gasteiger charge is -2.26. The zero-order chi connectivity index (χ0) is 15.6. The Morgan fingerprint density at radius 3 is 2.05 bits per heavy atom.